The lowest BCUT2D eigenvalue weighted by Crippen LogP contribution is -2.21. The molecule has 12 nitrogen and oxygen atoms in total. The molecule has 0 saturated heterocycles. The summed E-state index contributed by atoms with van der Waals surface area (Å²) in [5.41, 5.74) is 10.4. The van der Waals surface area contributed by atoms with Crippen LogP contribution in [0.5, 0.6) is 0 Å². The van der Waals surface area contributed by atoms with Crippen molar-refractivity contribution in [1.82, 2.24) is 10.2 Å². The van der Waals surface area contributed by atoms with Crippen molar-refractivity contribution in [2.75, 3.05) is 11.5 Å². The van der Waals surface area contributed by atoms with Gasteiger partial charge in [0.25, 0.3) is 0 Å². The molecule has 2 rings (SSSR count). The lowest BCUT2D eigenvalue weighted by molar-refractivity contribution is -0.752. The van der Waals surface area contributed by atoms with Crippen molar-refractivity contribution in [3.8, 4) is 0 Å². The highest BCUT2D eigenvalue weighted by atomic mass is 16.7. The maximum atomic E-state index is 11.0. The maximum absolute atomic E-state index is 11.0. The van der Waals surface area contributed by atoms with Crippen molar-refractivity contribution >= 4 is 22.9 Å². The van der Waals surface area contributed by atoms with Crippen molar-refractivity contribution in [3.05, 3.63) is 50.2 Å². The molecule has 1 aromatic heterocycles. The van der Waals surface area contributed by atoms with E-state index in [2.05, 4.69) is 20.4 Å². The summed E-state index contributed by atoms with van der Waals surface area (Å²) >= 11 is 0. The van der Waals surface area contributed by atoms with Crippen LogP contribution in [0.4, 0.5) is 22.9 Å². The third-order valence-electron chi connectivity index (χ3n) is 2.71. The van der Waals surface area contributed by atoms with Crippen LogP contribution >= 0.6 is 0 Å². The fraction of sp³-hybridized carbons (Fsp3) is 0.100. The number of nitrogens with zero attached hydrogens (tertiary/aromatic N) is 5. The van der Waals surface area contributed by atoms with Gasteiger partial charge < -0.3 is 11.5 Å². The van der Waals surface area contributed by atoms with Gasteiger partial charge in [-0.05, 0) is 12.1 Å². The summed E-state index contributed by atoms with van der Waals surface area (Å²) in [5, 5.41) is 35.6. The molecule has 0 radical (unpaired) electrons. The van der Waals surface area contributed by atoms with Crippen molar-refractivity contribution in [2.24, 2.45) is 10.2 Å². The number of nitro groups is 2. The minimum absolute atomic E-state index is 0.0239. The SMILES string of the molecule is Nc1ccc(N=Nc2ccn[nH]2)c(C([N+](=O)[O-])[N+](=O)[O-])c1N. The number of benzene rings is 1. The first-order valence-electron chi connectivity index (χ1n) is 5.77. The number of hydrogen-bond acceptors (Lipinski definition) is 9. The molecular formula is C10H10N8O4. The van der Waals surface area contributed by atoms with Gasteiger partial charge in [0, 0.05) is 6.07 Å². The average molecular weight is 306 g/mol. The molecule has 1 aromatic carbocycles. The monoisotopic (exact) mass is 306 g/mol. The van der Waals surface area contributed by atoms with Gasteiger partial charge in [-0.15, -0.1) is 10.2 Å². The van der Waals surface area contributed by atoms with E-state index in [4.69, 9.17) is 11.5 Å². The summed E-state index contributed by atoms with van der Waals surface area (Å²) < 4.78 is 0. The largest absolute Gasteiger partial charge is 0.480 e. The second-order valence-corrected chi connectivity index (χ2v) is 4.09. The summed E-state index contributed by atoms with van der Waals surface area (Å²) in [4.78, 5) is 19.8. The van der Waals surface area contributed by atoms with Crippen molar-refractivity contribution < 1.29 is 9.85 Å². The summed E-state index contributed by atoms with van der Waals surface area (Å²) in [6, 6.07) is 4.08. The van der Waals surface area contributed by atoms with Gasteiger partial charge in [0.05, 0.1) is 17.6 Å². The van der Waals surface area contributed by atoms with Gasteiger partial charge in [-0.1, -0.05) is 0 Å². The smallest absolute Gasteiger partial charge is 0.397 e. The van der Waals surface area contributed by atoms with Gasteiger partial charge in [-0.25, -0.2) is 0 Å². The number of anilines is 2. The van der Waals surface area contributed by atoms with Crippen LogP contribution in [0.15, 0.2) is 34.6 Å². The van der Waals surface area contributed by atoms with Crippen molar-refractivity contribution in [3.63, 3.8) is 0 Å². The number of aromatic amines is 1. The molecule has 0 unspecified atom stereocenters. The first-order valence-corrected chi connectivity index (χ1v) is 5.77. The maximum Gasteiger partial charge on any atom is 0.480 e. The lowest BCUT2D eigenvalue weighted by Gasteiger charge is -2.09. The Morgan fingerprint density at radius 2 is 1.82 bits per heavy atom. The van der Waals surface area contributed by atoms with Crippen LogP contribution in [-0.4, -0.2) is 20.0 Å². The molecular weight excluding hydrogens is 296 g/mol. The first-order chi connectivity index (χ1) is 10.4. The van der Waals surface area contributed by atoms with E-state index in [9.17, 15) is 20.2 Å². The van der Waals surface area contributed by atoms with E-state index in [0.29, 0.717) is 0 Å². The van der Waals surface area contributed by atoms with Crippen LogP contribution in [0.3, 0.4) is 0 Å². The summed E-state index contributed by atoms with van der Waals surface area (Å²) in [6.07, 6.45) is -0.872. The molecule has 0 fully saturated rings. The second kappa shape index (κ2) is 5.82. The van der Waals surface area contributed by atoms with Gasteiger partial charge in [0.15, 0.2) is 11.4 Å². The minimum atomic E-state index is -2.29. The number of nitrogens with two attached hydrogens (primary N) is 2. The molecule has 1 heterocycles. The van der Waals surface area contributed by atoms with E-state index in [1.165, 1.54) is 24.4 Å². The molecule has 12 heteroatoms. The molecule has 0 spiro atoms. The van der Waals surface area contributed by atoms with E-state index >= 15 is 0 Å². The van der Waals surface area contributed by atoms with Crippen LogP contribution in [0.25, 0.3) is 0 Å². The van der Waals surface area contributed by atoms with Gasteiger partial charge in [0.1, 0.15) is 15.5 Å². The lowest BCUT2D eigenvalue weighted by atomic mass is 10.1. The normalized spacial score (nSPS) is 11.1. The van der Waals surface area contributed by atoms with E-state index in [-0.39, 0.29) is 22.9 Å². The van der Waals surface area contributed by atoms with Crippen LogP contribution in [0.2, 0.25) is 0 Å². The number of rotatable bonds is 5. The average Bonchev–Trinajstić information content (AvgIpc) is 2.95. The predicted molar refractivity (Wildman–Crippen MR) is 74.8 cm³/mol. The minimum Gasteiger partial charge on any atom is -0.397 e. The fourth-order valence-electron chi connectivity index (χ4n) is 1.70. The summed E-state index contributed by atoms with van der Waals surface area (Å²) in [6.45, 7) is 0. The summed E-state index contributed by atoms with van der Waals surface area (Å²) in [5.74, 6) is 0.264. The van der Waals surface area contributed by atoms with Gasteiger partial charge in [0.2, 0.25) is 0 Å². The Morgan fingerprint density at radius 1 is 1.14 bits per heavy atom. The molecule has 114 valence electrons. The molecule has 0 atom stereocenters. The third-order valence-corrected chi connectivity index (χ3v) is 2.71. The third kappa shape index (κ3) is 2.79. The van der Waals surface area contributed by atoms with Crippen LogP contribution in [-0.2, 0) is 0 Å². The Balaban J connectivity index is 2.57. The first kappa shape index (κ1) is 14.8. The van der Waals surface area contributed by atoms with Gasteiger partial charge in [-0.2, -0.15) is 5.10 Å². The zero-order chi connectivity index (χ0) is 16.3. The van der Waals surface area contributed by atoms with Crippen LogP contribution < -0.4 is 11.5 Å². The van der Waals surface area contributed by atoms with Crippen molar-refractivity contribution in [2.45, 2.75) is 6.17 Å². The molecule has 0 aliphatic heterocycles. The topological polar surface area (TPSA) is 192 Å². The number of nitrogens with one attached hydrogen (secondary N) is 1. The van der Waals surface area contributed by atoms with E-state index in [1.54, 1.807) is 0 Å². The Labute approximate surface area is 122 Å². The molecule has 0 aliphatic rings. The molecule has 5 N–H and O–H groups in total. The second-order valence-electron chi connectivity index (χ2n) is 4.09. The number of nitrogen functional groups attached to an aromatic ring is 2. The molecule has 0 saturated carbocycles. The van der Waals surface area contributed by atoms with Gasteiger partial charge in [-0.3, -0.25) is 25.3 Å². The zero-order valence-electron chi connectivity index (χ0n) is 10.9. The van der Waals surface area contributed by atoms with E-state index < -0.39 is 21.6 Å². The Bertz CT molecular complexity index is 728. The molecule has 0 bridgehead atoms. The standard InChI is InChI=1S/C10H10N8O4/c11-5-1-2-6(14-16-7-3-4-13-15-7)8(9(5)12)10(17(19)20)18(21)22/h1-4,10H,11-12H2,(H,13,15). The summed E-state index contributed by atoms with van der Waals surface area (Å²) in [7, 11) is 0. The number of H-pyrrole nitrogens is 1. The van der Waals surface area contributed by atoms with Crippen LogP contribution in [0.1, 0.15) is 11.7 Å². The Morgan fingerprint density at radius 3 is 2.36 bits per heavy atom. The molecule has 0 amide bonds. The van der Waals surface area contributed by atoms with E-state index in [0.717, 1.165) is 0 Å². The fourth-order valence-corrected chi connectivity index (χ4v) is 1.70. The number of aromatic nitrogens is 2. The Kier molecular flexibility index (Phi) is 3.92. The van der Waals surface area contributed by atoms with Crippen molar-refractivity contribution in [1.29, 1.82) is 0 Å². The number of azo groups is 1. The highest BCUT2D eigenvalue weighted by Crippen LogP contribution is 2.37. The predicted octanol–water partition coefficient (Wildman–Crippen LogP) is 1.54. The van der Waals surface area contributed by atoms with Gasteiger partial charge >= 0.3 is 6.17 Å². The van der Waals surface area contributed by atoms with E-state index in [1.807, 2.05) is 0 Å². The number of hydrogen-bond donors (Lipinski definition) is 3. The Hall–Kier alpha value is -3.57. The molecule has 2 aromatic rings. The quantitative estimate of drug-likeness (QED) is 0.245. The van der Waals surface area contributed by atoms with Crippen LogP contribution in [0, 0.1) is 20.2 Å². The zero-order valence-corrected chi connectivity index (χ0v) is 10.9. The highest BCUT2D eigenvalue weighted by molar-refractivity contribution is 5.74. The highest BCUT2D eigenvalue weighted by Gasteiger charge is 2.40. The molecule has 22 heavy (non-hydrogen) atoms. The molecule has 0 aliphatic carbocycles.